The Balaban J connectivity index is 1.57. The number of amides is 1. The Labute approximate surface area is 212 Å². The van der Waals surface area contributed by atoms with Crippen molar-refractivity contribution in [1.29, 1.82) is 0 Å². The van der Waals surface area contributed by atoms with E-state index < -0.39 is 0 Å². The third-order valence-corrected chi connectivity index (χ3v) is 8.39. The zero-order chi connectivity index (χ0) is 24.5. The normalized spacial score (nSPS) is 24.9. The standard InChI is InChI=1S/C27H32Cl2N2O3/c1-18(32)34-23-6-4-5-20(15-23)27-11-12-30(2)17-21(27)8-9-22(16-27)31(3)26(33)14-19-7-10-24(28)25(29)13-19/h4-7,10,13,15,21-22H,8-9,11-12,14,16-17H2,1-3H3/t21-,22+,27+/m1/s1. The first-order valence-corrected chi connectivity index (χ1v) is 12.6. The number of ether oxygens (including phenoxy) is 1. The Bertz CT molecular complexity index is 1080. The molecule has 0 bridgehead atoms. The molecule has 3 atom stereocenters. The van der Waals surface area contributed by atoms with Crippen molar-refractivity contribution in [1.82, 2.24) is 9.80 Å². The van der Waals surface area contributed by atoms with Crippen LogP contribution in [0.3, 0.4) is 0 Å². The SMILES string of the molecule is CC(=O)Oc1cccc([C@@]23CCN(C)C[C@H]2CC[C@H](N(C)C(=O)Cc2ccc(Cl)c(Cl)c2)C3)c1. The number of esters is 1. The smallest absolute Gasteiger partial charge is 0.308 e. The monoisotopic (exact) mass is 502 g/mol. The molecule has 1 aliphatic carbocycles. The lowest BCUT2D eigenvalue weighted by atomic mass is 9.58. The van der Waals surface area contributed by atoms with E-state index in [1.165, 1.54) is 12.5 Å². The minimum atomic E-state index is -0.316. The summed E-state index contributed by atoms with van der Waals surface area (Å²) in [4.78, 5) is 29.1. The molecule has 1 saturated carbocycles. The van der Waals surface area contributed by atoms with Gasteiger partial charge in [0.1, 0.15) is 5.75 Å². The molecule has 1 heterocycles. The van der Waals surface area contributed by atoms with Gasteiger partial charge in [0.25, 0.3) is 0 Å². The number of piperidine rings is 1. The molecule has 182 valence electrons. The number of likely N-dealkylation sites (tertiary alicyclic amines) is 1. The molecule has 0 N–H and O–H groups in total. The van der Waals surface area contributed by atoms with Crippen LogP contribution in [-0.2, 0) is 21.4 Å². The summed E-state index contributed by atoms with van der Waals surface area (Å²) in [5, 5.41) is 0.956. The molecule has 2 aromatic carbocycles. The van der Waals surface area contributed by atoms with Gasteiger partial charge in [-0.15, -0.1) is 0 Å². The summed E-state index contributed by atoms with van der Waals surface area (Å²) in [6.45, 7) is 3.46. The van der Waals surface area contributed by atoms with Crippen molar-refractivity contribution in [3.8, 4) is 5.75 Å². The predicted octanol–water partition coefficient (Wildman–Crippen LogP) is 5.36. The number of rotatable bonds is 5. The van der Waals surface area contributed by atoms with Crippen molar-refractivity contribution in [3.63, 3.8) is 0 Å². The molecule has 4 rings (SSSR count). The molecule has 1 saturated heterocycles. The van der Waals surface area contributed by atoms with Gasteiger partial charge < -0.3 is 14.5 Å². The largest absolute Gasteiger partial charge is 0.427 e. The number of carbonyl (C=O) groups excluding carboxylic acids is 2. The van der Waals surface area contributed by atoms with E-state index in [-0.39, 0.29) is 23.3 Å². The molecular weight excluding hydrogens is 471 g/mol. The van der Waals surface area contributed by atoms with Crippen LogP contribution in [0.25, 0.3) is 0 Å². The van der Waals surface area contributed by atoms with Crippen LogP contribution in [-0.4, -0.2) is 54.9 Å². The average Bonchev–Trinajstić information content (AvgIpc) is 2.80. The molecule has 5 nitrogen and oxygen atoms in total. The fraction of sp³-hybridized carbons (Fsp3) is 0.481. The van der Waals surface area contributed by atoms with Crippen LogP contribution in [0.5, 0.6) is 5.75 Å². The summed E-state index contributed by atoms with van der Waals surface area (Å²) in [6.07, 6.45) is 4.25. The molecule has 1 amide bonds. The molecule has 34 heavy (non-hydrogen) atoms. The molecule has 1 aliphatic heterocycles. The van der Waals surface area contributed by atoms with E-state index in [0.717, 1.165) is 44.3 Å². The van der Waals surface area contributed by atoms with Crippen LogP contribution in [0.15, 0.2) is 42.5 Å². The van der Waals surface area contributed by atoms with Crippen LogP contribution in [0.4, 0.5) is 0 Å². The maximum atomic E-state index is 13.2. The van der Waals surface area contributed by atoms with Crippen molar-refractivity contribution in [2.45, 2.75) is 50.5 Å². The second-order valence-electron chi connectivity index (χ2n) is 9.85. The fourth-order valence-electron chi connectivity index (χ4n) is 5.81. The van der Waals surface area contributed by atoms with Crippen LogP contribution in [0.1, 0.15) is 43.7 Å². The quantitative estimate of drug-likeness (QED) is 0.407. The molecule has 7 heteroatoms. The number of carbonyl (C=O) groups is 2. The van der Waals surface area contributed by atoms with E-state index in [4.69, 9.17) is 27.9 Å². The first-order valence-electron chi connectivity index (χ1n) is 11.8. The topological polar surface area (TPSA) is 49.9 Å². The Morgan fingerprint density at radius 1 is 1.15 bits per heavy atom. The maximum absolute atomic E-state index is 13.2. The van der Waals surface area contributed by atoms with Gasteiger partial charge in [0.2, 0.25) is 5.91 Å². The summed E-state index contributed by atoms with van der Waals surface area (Å²) in [5.41, 5.74) is 2.02. The van der Waals surface area contributed by atoms with E-state index in [2.05, 4.69) is 18.0 Å². The lowest BCUT2D eigenvalue weighted by Gasteiger charge is -2.53. The summed E-state index contributed by atoms with van der Waals surface area (Å²) in [5.74, 6) is 0.846. The van der Waals surface area contributed by atoms with Crippen LogP contribution in [0, 0.1) is 5.92 Å². The molecule has 0 unspecified atom stereocenters. The van der Waals surface area contributed by atoms with Gasteiger partial charge in [0.15, 0.2) is 0 Å². The molecule has 0 spiro atoms. The van der Waals surface area contributed by atoms with Crippen molar-refractivity contribution >= 4 is 35.1 Å². The molecular formula is C27H32Cl2N2O3. The molecule has 0 aromatic heterocycles. The third kappa shape index (κ3) is 5.27. The number of halogens is 2. The number of benzene rings is 2. The maximum Gasteiger partial charge on any atom is 0.308 e. The number of fused-ring (bicyclic) bond motifs is 1. The fourth-order valence-corrected chi connectivity index (χ4v) is 6.13. The Morgan fingerprint density at radius 3 is 2.68 bits per heavy atom. The highest BCUT2D eigenvalue weighted by Crippen LogP contribution is 2.50. The van der Waals surface area contributed by atoms with Crippen LogP contribution >= 0.6 is 23.2 Å². The summed E-state index contributed by atoms with van der Waals surface area (Å²) in [6, 6.07) is 13.5. The number of likely N-dealkylation sites (N-methyl/N-ethyl adjacent to an activating group) is 1. The lowest BCUT2D eigenvalue weighted by Crippen LogP contribution is -2.55. The van der Waals surface area contributed by atoms with Crippen LogP contribution in [0.2, 0.25) is 10.0 Å². The number of nitrogens with zero attached hydrogens (tertiary/aromatic N) is 2. The third-order valence-electron chi connectivity index (χ3n) is 7.65. The number of hydrogen-bond donors (Lipinski definition) is 0. The predicted molar refractivity (Wildman–Crippen MR) is 136 cm³/mol. The summed E-state index contributed by atoms with van der Waals surface area (Å²) < 4.78 is 5.41. The highest BCUT2D eigenvalue weighted by molar-refractivity contribution is 6.42. The first kappa shape index (κ1) is 25.0. The van der Waals surface area contributed by atoms with Crippen molar-refractivity contribution in [3.05, 3.63) is 63.6 Å². The van der Waals surface area contributed by atoms with Crippen molar-refractivity contribution in [2.24, 2.45) is 5.92 Å². The second-order valence-corrected chi connectivity index (χ2v) is 10.7. The van der Waals surface area contributed by atoms with E-state index >= 15 is 0 Å². The van der Waals surface area contributed by atoms with Gasteiger partial charge in [-0.3, -0.25) is 9.59 Å². The van der Waals surface area contributed by atoms with Crippen LogP contribution < -0.4 is 4.74 Å². The van der Waals surface area contributed by atoms with E-state index in [0.29, 0.717) is 28.1 Å². The van der Waals surface area contributed by atoms with Gasteiger partial charge in [-0.2, -0.15) is 0 Å². The van der Waals surface area contributed by atoms with Gasteiger partial charge in [-0.05, 0) is 80.6 Å². The highest BCUT2D eigenvalue weighted by Gasteiger charge is 2.48. The zero-order valence-corrected chi connectivity index (χ0v) is 21.5. The van der Waals surface area contributed by atoms with Gasteiger partial charge in [-0.25, -0.2) is 0 Å². The average molecular weight is 503 g/mol. The first-order chi connectivity index (χ1) is 16.2. The lowest BCUT2D eigenvalue weighted by molar-refractivity contribution is -0.133. The molecule has 0 radical (unpaired) electrons. The second kappa shape index (κ2) is 10.3. The Kier molecular flexibility index (Phi) is 7.56. The van der Waals surface area contributed by atoms with Gasteiger partial charge >= 0.3 is 5.97 Å². The molecule has 2 aromatic rings. The summed E-state index contributed by atoms with van der Waals surface area (Å²) >= 11 is 12.2. The Morgan fingerprint density at radius 2 is 1.94 bits per heavy atom. The van der Waals surface area contributed by atoms with Gasteiger partial charge in [-0.1, -0.05) is 41.4 Å². The molecule has 2 aliphatic rings. The Hall–Kier alpha value is -2.08. The van der Waals surface area contributed by atoms with Gasteiger partial charge in [0.05, 0.1) is 16.5 Å². The van der Waals surface area contributed by atoms with E-state index in [9.17, 15) is 9.59 Å². The summed E-state index contributed by atoms with van der Waals surface area (Å²) in [7, 11) is 4.10. The molecule has 2 fully saturated rings. The van der Waals surface area contributed by atoms with Gasteiger partial charge in [0, 0.05) is 32.0 Å². The van der Waals surface area contributed by atoms with E-state index in [1.807, 2.05) is 36.2 Å². The zero-order valence-electron chi connectivity index (χ0n) is 20.0. The minimum Gasteiger partial charge on any atom is -0.427 e. The number of hydrogen-bond acceptors (Lipinski definition) is 4. The highest BCUT2D eigenvalue weighted by atomic mass is 35.5. The van der Waals surface area contributed by atoms with E-state index in [1.54, 1.807) is 12.1 Å². The minimum absolute atomic E-state index is 0.0519. The van der Waals surface area contributed by atoms with Crippen molar-refractivity contribution in [2.75, 3.05) is 27.2 Å². The van der Waals surface area contributed by atoms with Crippen molar-refractivity contribution < 1.29 is 14.3 Å².